The fourth-order valence-electron chi connectivity index (χ4n) is 1.78. The van der Waals surface area contributed by atoms with Crippen LogP contribution >= 0.6 is 0 Å². The van der Waals surface area contributed by atoms with Gasteiger partial charge in [0.05, 0.1) is 6.54 Å². The van der Waals surface area contributed by atoms with Gasteiger partial charge in [0.2, 0.25) is 10.0 Å². The first kappa shape index (κ1) is 15.4. The second-order valence-corrected chi connectivity index (χ2v) is 6.75. The van der Waals surface area contributed by atoms with Crippen LogP contribution in [0.15, 0.2) is 17.0 Å². The molecule has 2 rings (SSSR count). The normalized spacial score (nSPS) is 12.0. The molecule has 0 bridgehead atoms. The summed E-state index contributed by atoms with van der Waals surface area (Å²) < 4.78 is 39.7. The average molecular weight is 313 g/mol. The van der Waals surface area contributed by atoms with Gasteiger partial charge in [0.1, 0.15) is 16.5 Å². The molecule has 2 aromatic rings. The Morgan fingerprint density at radius 3 is 2.62 bits per heavy atom. The predicted molar refractivity (Wildman–Crippen MR) is 75.3 cm³/mol. The van der Waals surface area contributed by atoms with E-state index in [1.54, 1.807) is 13.8 Å². The molecule has 114 valence electrons. The fraction of sp³-hybridized carbons (Fsp3) is 0.333. The molecule has 1 heterocycles. The smallest absolute Gasteiger partial charge is 0.246 e. The first-order valence-electron chi connectivity index (χ1n) is 6.11. The molecule has 0 amide bonds. The third-order valence-corrected chi connectivity index (χ3v) is 4.83. The zero-order valence-corrected chi connectivity index (χ0v) is 12.7. The minimum atomic E-state index is -4.01. The number of nitrogen functional groups attached to an aromatic ring is 1. The van der Waals surface area contributed by atoms with E-state index in [2.05, 4.69) is 15.2 Å². The van der Waals surface area contributed by atoms with Crippen molar-refractivity contribution < 1.29 is 12.8 Å². The third kappa shape index (κ3) is 3.03. The number of aryl methyl sites for hydroxylation is 2. The van der Waals surface area contributed by atoms with E-state index < -0.39 is 20.7 Å². The Morgan fingerprint density at radius 2 is 2.05 bits per heavy atom. The van der Waals surface area contributed by atoms with Crippen LogP contribution in [-0.2, 0) is 16.6 Å². The van der Waals surface area contributed by atoms with Gasteiger partial charge in [-0.3, -0.25) is 5.10 Å². The third-order valence-electron chi connectivity index (χ3n) is 3.02. The lowest BCUT2D eigenvalue weighted by molar-refractivity contribution is 0.451. The monoisotopic (exact) mass is 313 g/mol. The summed E-state index contributed by atoms with van der Waals surface area (Å²) in [4.78, 5) is 3.56. The number of halogens is 1. The molecule has 7 nitrogen and oxygen atoms in total. The van der Waals surface area contributed by atoms with Gasteiger partial charge in [0.25, 0.3) is 0 Å². The van der Waals surface area contributed by atoms with Gasteiger partial charge >= 0.3 is 0 Å². The number of benzene rings is 1. The zero-order valence-electron chi connectivity index (χ0n) is 11.9. The molecule has 3 N–H and O–H groups in total. The second-order valence-electron chi connectivity index (χ2n) is 4.74. The quantitative estimate of drug-likeness (QED) is 0.818. The number of nitrogens with zero attached hydrogens (tertiary/aromatic N) is 3. The van der Waals surface area contributed by atoms with Crippen LogP contribution in [0.25, 0.3) is 0 Å². The Balaban J connectivity index is 2.35. The van der Waals surface area contributed by atoms with Crippen molar-refractivity contribution >= 4 is 15.7 Å². The molecule has 0 saturated carbocycles. The lowest BCUT2D eigenvalue weighted by Crippen LogP contribution is -2.28. The molecule has 0 fully saturated rings. The van der Waals surface area contributed by atoms with Crippen LogP contribution in [0.5, 0.6) is 0 Å². The van der Waals surface area contributed by atoms with Crippen molar-refractivity contribution in [1.82, 2.24) is 19.5 Å². The molecule has 0 aliphatic carbocycles. The minimum Gasteiger partial charge on any atom is -0.398 e. The van der Waals surface area contributed by atoms with Gasteiger partial charge < -0.3 is 5.73 Å². The van der Waals surface area contributed by atoms with Crippen molar-refractivity contribution in [2.24, 2.45) is 0 Å². The molecule has 9 heteroatoms. The zero-order chi connectivity index (χ0) is 15.8. The van der Waals surface area contributed by atoms with Gasteiger partial charge in [-0.1, -0.05) is 0 Å². The number of anilines is 1. The van der Waals surface area contributed by atoms with Crippen LogP contribution in [0.4, 0.5) is 10.1 Å². The van der Waals surface area contributed by atoms with E-state index in [1.165, 1.54) is 7.05 Å². The van der Waals surface area contributed by atoms with Gasteiger partial charge in [-0.2, -0.15) is 9.40 Å². The molecule has 0 spiro atoms. The van der Waals surface area contributed by atoms with Crippen LogP contribution in [-0.4, -0.2) is 35.0 Å². The highest BCUT2D eigenvalue weighted by atomic mass is 32.2. The topological polar surface area (TPSA) is 105 Å². The summed E-state index contributed by atoms with van der Waals surface area (Å²) in [6.45, 7) is 3.24. The molecule has 0 atom stereocenters. The summed E-state index contributed by atoms with van der Waals surface area (Å²) in [5.74, 6) is 0.0420. The lowest BCUT2D eigenvalue weighted by Gasteiger charge is -2.16. The number of hydrogen-bond acceptors (Lipinski definition) is 5. The van der Waals surface area contributed by atoms with Gasteiger partial charge in [-0.05, 0) is 31.5 Å². The number of nitrogens with one attached hydrogen (secondary N) is 1. The van der Waals surface area contributed by atoms with Gasteiger partial charge in [0, 0.05) is 12.7 Å². The van der Waals surface area contributed by atoms with Crippen molar-refractivity contribution in [3.63, 3.8) is 0 Å². The standard InChI is InChI=1S/C12H16FN5O2S/c1-7-4-9(13)11(5-10(7)14)21(19,20)18(3)6-12-15-8(2)16-17-12/h4-5H,6,14H2,1-3H3,(H,15,16,17). The fourth-order valence-corrected chi connectivity index (χ4v) is 2.98. The molecule has 0 radical (unpaired) electrons. The van der Waals surface area contributed by atoms with Crippen molar-refractivity contribution in [2.75, 3.05) is 12.8 Å². The maximum absolute atomic E-state index is 13.9. The largest absolute Gasteiger partial charge is 0.398 e. The minimum absolute atomic E-state index is 0.0695. The molecule has 0 aliphatic heterocycles. The van der Waals surface area contributed by atoms with Crippen LogP contribution < -0.4 is 5.73 Å². The number of aromatic amines is 1. The summed E-state index contributed by atoms with van der Waals surface area (Å²) in [7, 11) is -2.68. The molecule has 21 heavy (non-hydrogen) atoms. The highest BCUT2D eigenvalue weighted by molar-refractivity contribution is 7.89. The van der Waals surface area contributed by atoms with E-state index in [-0.39, 0.29) is 12.2 Å². The number of hydrogen-bond donors (Lipinski definition) is 2. The second kappa shape index (κ2) is 5.41. The maximum Gasteiger partial charge on any atom is 0.246 e. The van der Waals surface area contributed by atoms with Crippen molar-refractivity contribution in [3.05, 3.63) is 35.2 Å². The first-order valence-corrected chi connectivity index (χ1v) is 7.55. The van der Waals surface area contributed by atoms with Gasteiger partial charge in [0.15, 0.2) is 5.82 Å². The molecular formula is C12H16FN5O2S. The van der Waals surface area contributed by atoms with Crippen LogP contribution in [0, 0.1) is 19.7 Å². The van der Waals surface area contributed by atoms with Crippen molar-refractivity contribution in [1.29, 1.82) is 0 Å². The van der Waals surface area contributed by atoms with Gasteiger partial charge in [-0.25, -0.2) is 17.8 Å². The number of nitrogens with two attached hydrogens (primary N) is 1. The SMILES string of the molecule is Cc1nc(CN(C)S(=O)(=O)c2cc(N)c(C)cc2F)n[nH]1. The summed E-state index contributed by atoms with van der Waals surface area (Å²) in [6, 6.07) is 2.23. The lowest BCUT2D eigenvalue weighted by atomic mass is 10.2. The van der Waals surface area contributed by atoms with Crippen molar-refractivity contribution in [3.8, 4) is 0 Å². The molecule has 1 aromatic heterocycles. The van der Waals surface area contributed by atoms with Crippen molar-refractivity contribution in [2.45, 2.75) is 25.3 Å². The molecule has 0 saturated heterocycles. The Labute approximate surface area is 122 Å². The van der Waals surface area contributed by atoms with E-state index in [1.807, 2.05) is 0 Å². The number of rotatable bonds is 4. The molecule has 0 unspecified atom stereocenters. The number of H-pyrrole nitrogens is 1. The highest BCUT2D eigenvalue weighted by Gasteiger charge is 2.26. The highest BCUT2D eigenvalue weighted by Crippen LogP contribution is 2.24. The summed E-state index contributed by atoms with van der Waals surface area (Å²) >= 11 is 0. The Bertz CT molecular complexity index is 772. The Kier molecular flexibility index (Phi) is 3.97. The van der Waals surface area contributed by atoms with E-state index in [0.29, 0.717) is 17.2 Å². The maximum atomic E-state index is 13.9. The molecular weight excluding hydrogens is 297 g/mol. The van der Waals surface area contributed by atoms with E-state index in [0.717, 1.165) is 16.4 Å². The van der Waals surface area contributed by atoms with E-state index >= 15 is 0 Å². The summed E-state index contributed by atoms with van der Waals surface area (Å²) in [5, 5.41) is 6.47. The van der Waals surface area contributed by atoms with E-state index in [4.69, 9.17) is 5.73 Å². The number of aromatic nitrogens is 3. The van der Waals surface area contributed by atoms with Gasteiger partial charge in [-0.15, -0.1) is 0 Å². The Morgan fingerprint density at radius 1 is 1.38 bits per heavy atom. The Hall–Kier alpha value is -2.00. The predicted octanol–water partition coefficient (Wildman–Crippen LogP) is 0.964. The van der Waals surface area contributed by atoms with E-state index in [9.17, 15) is 12.8 Å². The van der Waals surface area contributed by atoms with Crippen LogP contribution in [0.3, 0.4) is 0 Å². The molecule has 1 aromatic carbocycles. The molecule has 0 aliphatic rings. The number of sulfonamides is 1. The summed E-state index contributed by atoms with van der Waals surface area (Å²) in [5.41, 5.74) is 6.37. The summed E-state index contributed by atoms with van der Waals surface area (Å²) in [6.07, 6.45) is 0. The first-order chi connectivity index (χ1) is 9.71. The van der Waals surface area contributed by atoms with Crippen LogP contribution in [0.1, 0.15) is 17.2 Å². The van der Waals surface area contributed by atoms with Crippen LogP contribution in [0.2, 0.25) is 0 Å². The average Bonchev–Trinajstić information content (AvgIpc) is 2.79.